The lowest BCUT2D eigenvalue weighted by atomic mass is 10.1. The first-order chi connectivity index (χ1) is 9.67. The van der Waals surface area contributed by atoms with Gasteiger partial charge < -0.3 is 0 Å². The lowest BCUT2D eigenvalue weighted by Crippen LogP contribution is -1.94. The van der Waals surface area contributed by atoms with Gasteiger partial charge in [0.25, 0.3) is 5.69 Å². The minimum Gasteiger partial charge on any atom is -0.258 e. The van der Waals surface area contributed by atoms with Crippen LogP contribution >= 0.6 is 0 Å². The summed E-state index contributed by atoms with van der Waals surface area (Å²) in [5.41, 5.74) is 2.17. The highest BCUT2D eigenvalue weighted by Gasteiger charge is 2.11. The summed E-state index contributed by atoms with van der Waals surface area (Å²) in [5, 5.41) is 11.5. The fourth-order valence-corrected chi connectivity index (χ4v) is 1.91. The number of hydrogen-bond acceptors (Lipinski definition) is 4. The van der Waals surface area contributed by atoms with E-state index in [1.54, 1.807) is 18.2 Å². The van der Waals surface area contributed by atoms with E-state index in [0.29, 0.717) is 16.6 Å². The molecule has 5 nitrogen and oxygen atoms in total. The van der Waals surface area contributed by atoms with E-state index in [1.807, 2.05) is 19.1 Å². The molecule has 0 fully saturated rings. The number of benzene rings is 1. The maximum Gasteiger partial charge on any atom is 0.270 e. The van der Waals surface area contributed by atoms with Crippen molar-refractivity contribution in [3.63, 3.8) is 0 Å². The molecule has 0 aliphatic carbocycles. The molecular weight excluding hydrogens is 254 g/mol. The van der Waals surface area contributed by atoms with Crippen LogP contribution in [0.5, 0.6) is 0 Å². The van der Waals surface area contributed by atoms with Crippen molar-refractivity contribution in [2.75, 3.05) is 0 Å². The Morgan fingerprint density at radius 3 is 2.85 bits per heavy atom. The predicted octanol–water partition coefficient (Wildman–Crippen LogP) is 3.68. The summed E-state index contributed by atoms with van der Waals surface area (Å²) in [6.45, 7) is 5.56. The number of nitro benzene ring substituents is 1. The first kappa shape index (κ1) is 13.6. The molecule has 0 radical (unpaired) electrons. The van der Waals surface area contributed by atoms with Gasteiger partial charge >= 0.3 is 0 Å². The van der Waals surface area contributed by atoms with Crippen LogP contribution in [-0.2, 0) is 0 Å². The number of nitrogens with zero attached hydrogens (tertiary/aromatic N) is 3. The SMILES string of the molecule is C=C/C=C(\C=C/C)c1ncnc2ccc([N+](=O)[O-])cc12. The maximum absolute atomic E-state index is 10.9. The van der Waals surface area contributed by atoms with E-state index in [1.165, 1.54) is 18.5 Å². The Morgan fingerprint density at radius 2 is 2.20 bits per heavy atom. The van der Waals surface area contributed by atoms with Gasteiger partial charge in [-0.2, -0.15) is 0 Å². The van der Waals surface area contributed by atoms with Crippen molar-refractivity contribution in [3.05, 3.63) is 71.2 Å². The molecule has 100 valence electrons. The average molecular weight is 267 g/mol. The molecular formula is C15H13N3O2. The zero-order valence-electron chi connectivity index (χ0n) is 11.0. The standard InChI is InChI=1S/C15H13N3O2/c1-3-5-11(6-4-2)15-13-9-12(18(19)20)7-8-14(13)16-10-17-15/h3-10H,1H2,2H3/b6-4-,11-5+. The molecule has 1 aromatic heterocycles. The van der Waals surface area contributed by atoms with Crippen LogP contribution < -0.4 is 0 Å². The first-order valence-electron chi connectivity index (χ1n) is 6.02. The highest BCUT2D eigenvalue weighted by molar-refractivity contribution is 5.93. The van der Waals surface area contributed by atoms with Crippen LogP contribution in [0.15, 0.2) is 55.4 Å². The quantitative estimate of drug-likeness (QED) is 0.481. The van der Waals surface area contributed by atoms with Gasteiger partial charge in [0, 0.05) is 23.1 Å². The van der Waals surface area contributed by atoms with E-state index in [9.17, 15) is 10.1 Å². The van der Waals surface area contributed by atoms with Crippen LogP contribution in [0.4, 0.5) is 5.69 Å². The van der Waals surface area contributed by atoms with Gasteiger partial charge in [-0.3, -0.25) is 10.1 Å². The van der Waals surface area contributed by atoms with Crippen LogP contribution in [0.1, 0.15) is 12.6 Å². The number of non-ortho nitro benzene ring substituents is 1. The second-order valence-corrected chi connectivity index (χ2v) is 4.04. The summed E-state index contributed by atoms with van der Waals surface area (Å²) in [5.74, 6) is 0. The Morgan fingerprint density at radius 1 is 1.40 bits per heavy atom. The summed E-state index contributed by atoms with van der Waals surface area (Å²) in [6.07, 6.45) is 8.66. The van der Waals surface area contributed by atoms with Crippen LogP contribution in [0, 0.1) is 10.1 Å². The van der Waals surface area contributed by atoms with Crippen molar-refractivity contribution < 1.29 is 4.92 Å². The summed E-state index contributed by atoms with van der Waals surface area (Å²) in [6, 6.07) is 4.55. The van der Waals surface area contributed by atoms with E-state index in [0.717, 1.165) is 5.57 Å². The molecule has 0 aliphatic rings. The summed E-state index contributed by atoms with van der Waals surface area (Å²) < 4.78 is 0. The number of hydrogen-bond donors (Lipinski definition) is 0. The highest BCUT2D eigenvalue weighted by atomic mass is 16.6. The van der Waals surface area contributed by atoms with E-state index in [-0.39, 0.29) is 5.69 Å². The Kier molecular flexibility index (Phi) is 4.00. The fraction of sp³-hybridized carbons (Fsp3) is 0.0667. The third-order valence-electron chi connectivity index (χ3n) is 2.75. The minimum atomic E-state index is -0.428. The molecule has 0 unspecified atom stereocenters. The van der Waals surface area contributed by atoms with Gasteiger partial charge in [-0.05, 0) is 13.0 Å². The molecule has 1 aromatic carbocycles. The van der Waals surface area contributed by atoms with Gasteiger partial charge in [-0.25, -0.2) is 9.97 Å². The van der Waals surface area contributed by atoms with Gasteiger partial charge in [0.05, 0.1) is 16.1 Å². The zero-order chi connectivity index (χ0) is 14.5. The molecule has 0 amide bonds. The topological polar surface area (TPSA) is 68.9 Å². The van der Waals surface area contributed by atoms with Gasteiger partial charge in [-0.1, -0.05) is 30.9 Å². The second-order valence-electron chi connectivity index (χ2n) is 4.04. The maximum atomic E-state index is 10.9. The van der Waals surface area contributed by atoms with Crippen molar-refractivity contribution in [3.8, 4) is 0 Å². The van der Waals surface area contributed by atoms with Crippen molar-refractivity contribution in [1.29, 1.82) is 0 Å². The molecule has 0 aliphatic heterocycles. The van der Waals surface area contributed by atoms with Gasteiger partial charge in [-0.15, -0.1) is 0 Å². The number of allylic oxidation sites excluding steroid dienone is 5. The van der Waals surface area contributed by atoms with E-state index in [4.69, 9.17) is 0 Å². The van der Waals surface area contributed by atoms with E-state index >= 15 is 0 Å². The number of aromatic nitrogens is 2. The van der Waals surface area contributed by atoms with Crippen LogP contribution in [0.3, 0.4) is 0 Å². The third-order valence-corrected chi connectivity index (χ3v) is 2.75. The normalized spacial score (nSPS) is 11.9. The fourth-order valence-electron chi connectivity index (χ4n) is 1.91. The molecule has 2 rings (SSSR count). The smallest absolute Gasteiger partial charge is 0.258 e. The predicted molar refractivity (Wildman–Crippen MR) is 79.2 cm³/mol. The van der Waals surface area contributed by atoms with Crippen molar-refractivity contribution in [2.45, 2.75) is 6.92 Å². The first-order valence-corrected chi connectivity index (χ1v) is 6.02. The molecule has 20 heavy (non-hydrogen) atoms. The third kappa shape index (κ3) is 2.61. The summed E-state index contributed by atoms with van der Waals surface area (Å²) in [7, 11) is 0. The molecule has 2 aromatic rings. The molecule has 0 saturated heterocycles. The molecule has 0 N–H and O–H groups in total. The van der Waals surface area contributed by atoms with Crippen molar-refractivity contribution in [1.82, 2.24) is 9.97 Å². The Bertz CT molecular complexity index is 733. The van der Waals surface area contributed by atoms with Gasteiger partial charge in [0.1, 0.15) is 6.33 Å². The lowest BCUT2D eigenvalue weighted by Gasteiger charge is -2.05. The molecule has 0 bridgehead atoms. The number of fused-ring (bicyclic) bond motifs is 1. The van der Waals surface area contributed by atoms with Crippen LogP contribution in [0.2, 0.25) is 0 Å². The minimum absolute atomic E-state index is 0.0204. The highest BCUT2D eigenvalue weighted by Crippen LogP contribution is 2.26. The Hall–Kier alpha value is -2.82. The second kappa shape index (κ2) is 5.88. The number of rotatable bonds is 4. The molecule has 0 saturated carbocycles. The van der Waals surface area contributed by atoms with Gasteiger partial charge in [0.2, 0.25) is 0 Å². The molecule has 1 heterocycles. The summed E-state index contributed by atoms with van der Waals surface area (Å²) >= 11 is 0. The van der Waals surface area contributed by atoms with Crippen LogP contribution in [-0.4, -0.2) is 14.9 Å². The zero-order valence-corrected chi connectivity index (χ0v) is 11.0. The summed E-state index contributed by atoms with van der Waals surface area (Å²) in [4.78, 5) is 18.8. The van der Waals surface area contributed by atoms with Gasteiger partial charge in [0.15, 0.2) is 0 Å². The number of nitro groups is 1. The largest absolute Gasteiger partial charge is 0.270 e. The monoisotopic (exact) mass is 267 g/mol. The van der Waals surface area contributed by atoms with E-state index < -0.39 is 4.92 Å². The van der Waals surface area contributed by atoms with Crippen LogP contribution in [0.25, 0.3) is 16.5 Å². The van der Waals surface area contributed by atoms with Crippen molar-refractivity contribution >= 4 is 22.2 Å². The molecule has 0 spiro atoms. The lowest BCUT2D eigenvalue weighted by molar-refractivity contribution is -0.384. The average Bonchev–Trinajstić information content (AvgIpc) is 2.46. The molecule has 0 atom stereocenters. The van der Waals surface area contributed by atoms with Crippen molar-refractivity contribution in [2.24, 2.45) is 0 Å². The van der Waals surface area contributed by atoms with E-state index in [2.05, 4.69) is 16.5 Å². The Labute approximate surface area is 116 Å². The Balaban J connectivity index is 2.74. The molecule has 5 heteroatoms.